The molecule has 1 N–H and O–H groups in total. The Morgan fingerprint density at radius 3 is 2.58 bits per heavy atom. The fourth-order valence-electron chi connectivity index (χ4n) is 3.34. The molecule has 2 aromatic carbocycles. The standard InChI is InChI=1S/C21H26N2O3/c1-21(2)14-23(17-8-6-5-7-16(17)22-21)20(24)12-10-15-9-11-18(25-3)19(13-15)26-4/h5-9,11,13,22H,10,12,14H2,1-4H3. The molecular weight excluding hydrogens is 328 g/mol. The van der Waals surface area contributed by atoms with Crippen molar-refractivity contribution in [1.29, 1.82) is 0 Å². The highest BCUT2D eigenvalue weighted by atomic mass is 16.5. The Bertz CT molecular complexity index is 802. The highest BCUT2D eigenvalue weighted by Crippen LogP contribution is 2.35. The number of carbonyl (C=O) groups is 1. The van der Waals surface area contributed by atoms with Crippen molar-refractivity contribution < 1.29 is 14.3 Å². The number of hydrogen-bond acceptors (Lipinski definition) is 4. The Kier molecular flexibility index (Phi) is 5.07. The number of hydrogen-bond donors (Lipinski definition) is 1. The van der Waals surface area contributed by atoms with Crippen molar-refractivity contribution in [2.75, 3.05) is 31.0 Å². The van der Waals surface area contributed by atoms with Crippen molar-refractivity contribution in [2.24, 2.45) is 0 Å². The van der Waals surface area contributed by atoms with Gasteiger partial charge in [-0.2, -0.15) is 0 Å². The van der Waals surface area contributed by atoms with E-state index in [9.17, 15) is 4.79 Å². The van der Waals surface area contributed by atoms with Gasteiger partial charge in [-0.25, -0.2) is 0 Å². The number of fused-ring (bicyclic) bond motifs is 1. The lowest BCUT2D eigenvalue weighted by Gasteiger charge is -2.41. The second-order valence-electron chi connectivity index (χ2n) is 7.20. The van der Waals surface area contributed by atoms with E-state index in [0.29, 0.717) is 30.9 Å². The summed E-state index contributed by atoms with van der Waals surface area (Å²) in [5.41, 5.74) is 2.85. The molecule has 1 heterocycles. The van der Waals surface area contributed by atoms with Crippen LogP contribution in [-0.4, -0.2) is 32.2 Å². The summed E-state index contributed by atoms with van der Waals surface area (Å²) < 4.78 is 10.6. The second kappa shape index (κ2) is 7.28. The average molecular weight is 354 g/mol. The maximum absolute atomic E-state index is 12.9. The molecule has 5 nitrogen and oxygen atoms in total. The number of rotatable bonds is 5. The Labute approximate surface area is 154 Å². The lowest BCUT2D eigenvalue weighted by atomic mass is 9.98. The van der Waals surface area contributed by atoms with Gasteiger partial charge in [0.1, 0.15) is 0 Å². The van der Waals surface area contributed by atoms with Crippen molar-refractivity contribution in [1.82, 2.24) is 0 Å². The Morgan fingerprint density at radius 2 is 1.85 bits per heavy atom. The first kappa shape index (κ1) is 18.1. The quantitative estimate of drug-likeness (QED) is 0.885. The van der Waals surface area contributed by atoms with Crippen LogP contribution in [0.5, 0.6) is 11.5 Å². The monoisotopic (exact) mass is 354 g/mol. The molecule has 1 amide bonds. The molecule has 1 aliphatic rings. The normalized spacial score (nSPS) is 15.0. The number of anilines is 2. The van der Waals surface area contributed by atoms with E-state index in [1.807, 2.05) is 47.4 Å². The van der Waals surface area contributed by atoms with Crippen LogP contribution < -0.4 is 19.7 Å². The predicted octanol–water partition coefficient (Wildman–Crippen LogP) is 3.87. The van der Waals surface area contributed by atoms with E-state index >= 15 is 0 Å². The highest BCUT2D eigenvalue weighted by molar-refractivity contribution is 5.98. The summed E-state index contributed by atoms with van der Waals surface area (Å²) in [7, 11) is 3.23. The van der Waals surface area contributed by atoms with Gasteiger partial charge in [0.05, 0.1) is 25.6 Å². The van der Waals surface area contributed by atoms with E-state index in [0.717, 1.165) is 16.9 Å². The summed E-state index contributed by atoms with van der Waals surface area (Å²) in [5, 5.41) is 3.50. The molecule has 0 spiro atoms. The fourth-order valence-corrected chi connectivity index (χ4v) is 3.34. The second-order valence-corrected chi connectivity index (χ2v) is 7.20. The molecule has 0 saturated heterocycles. The van der Waals surface area contributed by atoms with Crippen LogP contribution in [0.25, 0.3) is 0 Å². The predicted molar refractivity (Wildman–Crippen MR) is 104 cm³/mol. The van der Waals surface area contributed by atoms with Crippen LogP contribution in [0, 0.1) is 0 Å². The van der Waals surface area contributed by atoms with Crippen LogP contribution in [0.4, 0.5) is 11.4 Å². The van der Waals surface area contributed by atoms with E-state index in [2.05, 4.69) is 19.2 Å². The molecule has 3 rings (SSSR count). The molecule has 0 unspecified atom stereocenters. The van der Waals surface area contributed by atoms with E-state index in [1.54, 1.807) is 14.2 Å². The van der Waals surface area contributed by atoms with Gasteiger partial charge in [-0.05, 0) is 50.1 Å². The summed E-state index contributed by atoms with van der Waals surface area (Å²) in [4.78, 5) is 14.8. The minimum atomic E-state index is -0.159. The molecule has 0 bridgehead atoms. The van der Waals surface area contributed by atoms with Gasteiger partial charge in [-0.3, -0.25) is 4.79 Å². The average Bonchev–Trinajstić information content (AvgIpc) is 2.64. The molecule has 5 heteroatoms. The summed E-state index contributed by atoms with van der Waals surface area (Å²) >= 11 is 0. The molecule has 2 aromatic rings. The van der Waals surface area contributed by atoms with E-state index in [-0.39, 0.29) is 11.4 Å². The summed E-state index contributed by atoms with van der Waals surface area (Å²) in [6, 6.07) is 13.7. The SMILES string of the molecule is COc1ccc(CCC(=O)N2CC(C)(C)Nc3ccccc32)cc1OC. The van der Waals surface area contributed by atoms with Crippen molar-refractivity contribution in [3.05, 3.63) is 48.0 Å². The Balaban J connectivity index is 1.74. The van der Waals surface area contributed by atoms with Crippen LogP contribution in [-0.2, 0) is 11.2 Å². The molecule has 0 fully saturated rings. The maximum atomic E-state index is 12.9. The van der Waals surface area contributed by atoms with E-state index in [4.69, 9.17) is 9.47 Å². The van der Waals surface area contributed by atoms with Gasteiger partial charge in [0.25, 0.3) is 0 Å². The molecule has 0 atom stereocenters. The smallest absolute Gasteiger partial charge is 0.227 e. The van der Waals surface area contributed by atoms with E-state index in [1.165, 1.54) is 0 Å². The minimum absolute atomic E-state index is 0.127. The van der Waals surface area contributed by atoms with Crippen molar-refractivity contribution >= 4 is 17.3 Å². The number of nitrogens with zero attached hydrogens (tertiary/aromatic N) is 1. The molecule has 1 aliphatic heterocycles. The molecule has 0 aromatic heterocycles. The molecule has 26 heavy (non-hydrogen) atoms. The Hall–Kier alpha value is -2.69. The third-order valence-electron chi connectivity index (χ3n) is 4.60. The number of aryl methyl sites for hydroxylation is 1. The van der Waals surface area contributed by atoms with Gasteiger partial charge in [0.15, 0.2) is 11.5 Å². The van der Waals surface area contributed by atoms with Crippen LogP contribution in [0.2, 0.25) is 0 Å². The Morgan fingerprint density at radius 1 is 1.12 bits per heavy atom. The van der Waals surface area contributed by atoms with Gasteiger partial charge in [-0.15, -0.1) is 0 Å². The van der Waals surface area contributed by atoms with Crippen LogP contribution in [0.1, 0.15) is 25.8 Å². The van der Waals surface area contributed by atoms with Crippen molar-refractivity contribution in [3.8, 4) is 11.5 Å². The van der Waals surface area contributed by atoms with Crippen LogP contribution >= 0.6 is 0 Å². The third-order valence-corrected chi connectivity index (χ3v) is 4.60. The van der Waals surface area contributed by atoms with Gasteiger partial charge < -0.3 is 19.7 Å². The molecule has 0 radical (unpaired) electrons. The maximum Gasteiger partial charge on any atom is 0.227 e. The lowest BCUT2D eigenvalue weighted by Crippen LogP contribution is -2.50. The zero-order valence-corrected chi connectivity index (χ0v) is 15.8. The van der Waals surface area contributed by atoms with Crippen molar-refractivity contribution in [2.45, 2.75) is 32.2 Å². The number of methoxy groups -OCH3 is 2. The van der Waals surface area contributed by atoms with Gasteiger partial charge in [0.2, 0.25) is 5.91 Å². The van der Waals surface area contributed by atoms with Crippen LogP contribution in [0.15, 0.2) is 42.5 Å². The number of para-hydroxylation sites is 2. The fraction of sp³-hybridized carbons (Fsp3) is 0.381. The van der Waals surface area contributed by atoms with Gasteiger partial charge in [-0.1, -0.05) is 18.2 Å². The largest absolute Gasteiger partial charge is 0.493 e. The first-order valence-electron chi connectivity index (χ1n) is 8.82. The minimum Gasteiger partial charge on any atom is -0.493 e. The first-order valence-corrected chi connectivity index (χ1v) is 8.82. The van der Waals surface area contributed by atoms with Gasteiger partial charge >= 0.3 is 0 Å². The summed E-state index contributed by atoms with van der Waals surface area (Å²) in [6.45, 7) is 4.86. The number of benzene rings is 2. The lowest BCUT2D eigenvalue weighted by molar-refractivity contribution is -0.118. The highest BCUT2D eigenvalue weighted by Gasteiger charge is 2.32. The zero-order valence-electron chi connectivity index (χ0n) is 15.8. The number of nitrogens with one attached hydrogen (secondary N) is 1. The van der Waals surface area contributed by atoms with Crippen LogP contribution in [0.3, 0.4) is 0 Å². The van der Waals surface area contributed by atoms with Gasteiger partial charge in [0, 0.05) is 18.5 Å². The zero-order chi connectivity index (χ0) is 18.7. The topological polar surface area (TPSA) is 50.8 Å². The number of amides is 1. The molecule has 0 saturated carbocycles. The third kappa shape index (κ3) is 3.77. The summed E-state index contributed by atoms with van der Waals surface area (Å²) in [6.07, 6.45) is 1.10. The molecule has 0 aliphatic carbocycles. The van der Waals surface area contributed by atoms with E-state index < -0.39 is 0 Å². The summed E-state index contributed by atoms with van der Waals surface area (Å²) in [5.74, 6) is 1.51. The number of carbonyl (C=O) groups excluding carboxylic acids is 1. The van der Waals surface area contributed by atoms with Crippen molar-refractivity contribution in [3.63, 3.8) is 0 Å². The first-order chi connectivity index (χ1) is 12.4. The molecule has 138 valence electrons. The number of ether oxygens (including phenoxy) is 2. The molecular formula is C21H26N2O3.